The van der Waals surface area contributed by atoms with Crippen LogP contribution in [0.3, 0.4) is 0 Å². The second-order valence-electron chi connectivity index (χ2n) is 13.7. The predicted octanol–water partition coefficient (Wildman–Crippen LogP) is 11.5. The van der Waals surface area contributed by atoms with Crippen LogP contribution in [0.25, 0.3) is 0 Å². The maximum absolute atomic E-state index is 12.8. The van der Waals surface area contributed by atoms with E-state index < -0.39 is 0 Å². The Kier molecular flexibility index (Phi) is 33.7. The number of nitroso groups, excluding NO2 is 1. The zero-order chi connectivity index (χ0) is 33.9. The number of hydrogen-bond donors (Lipinski definition) is 0. The molecule has 46 heavy (non-hydrogen) atoms. The van der Waals surface area contributed by atoms with Crippen molar-refractivity contribution in [3.8, 4) is 0 Å². The van der Waals surface area contributed by atoms with Crippen molar-refractivity contribution in [3.05, 3.63) is 4.91 Å². The molecular formula is C39H76N2O5. The maximum Gasteiger partial charge on any atom is 0.306 e. The monoisotopic (exact) mass is 653 g/mol. The van der Waals surface area contributed by atoms with Crippen molar-refractivity contribution >= 4 is 11.9 Å². The third-order valence-corrected chi connectivity index (χ3v) is 8.98. The highest BCUT2D eigenvalue weighted by molar-refractivity contribution is 5.69. The van der Waals surface area contributed by atoms with Crippen LogP contribution in [-0.2, 0) is 19.1 Å². The van der Waals surface area contributed by atoms with E-state index in [2.05, 4.69) is 30.8 Å². The Balaban J connectivity index is 4.31. The van der Waals surface area contributed by atoms with E-state index in [0.717, 1.165) is 109 Å². The summed E-state index contributed by atoms with van der Waals surface area (Å²) < 4.78 is 11.3. The van der Waals surface area contributed by atoms with Gasteiger partial charge in [-0.25, -0.2) is 0 Å². The van der Waals surface area contributed by atoms with Gasteiger partial charge in [-0.1, -0.05) is 129 Å². The molecule has 0 N–H and O–H groups in total. The van der Waals surface area contributed by atoms with Crippen molar-refractivity contribution in [2.75, 3.05) is 26.2 Å². The van der Waals surface area contributed by atoms with Gasteiger partial charge in [0.2, 0.25) is 0 Å². The van der Waals surface area contributed by atoms with E-state index in [1.54, 1.807) is 0 Å². The fraction of sp³-hybridized carbons (Fsp3) is 0.949. The van der Waals surface area contributed by atoms with Crippen LogP contribution < -0.4 is 0 Å². The minimum absolute atomic E-state index is 0.0406. The first-order valence-corrected chi connectivity index (χ1v) is 19.9. The van der Waals surface area contributed by atoms with Gasteiger partial charge in [0, 0.05) is 19.4 Å². The minimum atomic E-state index is -0.226. The van der Waals surface area contributed by atoms with Gasteiger partial charge >= 0.3 is 11.9 Å². The smallest absolute Gasteiger partial charge is 0.306 e. The summed E-state index contributed by atoms with van der Waals surface area (Å²) in [6.45, 7) is 11.6. The first-order chi connectivity index (χ1) is 22.5. The van der Waals surface area contributed by atoms with Crippen LogP contribution >= 0.6 is 0 Å². The van der Waals surface area contributed by atoms with Crippen LogP contribution in [0.4, 0.5) is 0 Å². The van der Waals surface area contributed by atoms with Crippen molar-refractivity contribution in [1.82, 2.24) is 4.90 Å². The number of esters is 2. The summed E-state index contributed by atoms with van der Waals surface area (Å²) in [5, 5.41) is 3.22. The van der Waals surface area contributed by atoms with Gasteiger partial charge in [-0.2, -0.15) is 4.91 Å². The van der Waals surface area contributed by atoms with Gasteiger partial charge in [-0.05, 0) is 77.8 Å². The fourth-order valence-corrected chi connectivity index (χ4v) is 6.04. The van der Waals surface area contributed by atoms with Crippen LogP contribution in [0.5, 0.6) is 0 Å². The standard InChI is InChI=1S/C39H76N2O5/c1-5-8-11-13-17-21-28-37(29-22-18-14-12-9-6-2)46-39(43)31-24-26-33-41(35-36(4)40-44)32-25-20-16-15-19-23-30-38(42)45-34-27-10-7-3/h36-37H,5-35H2,1-4H3/t36-/m0/s1. The second kappa shape index (κ2) is 34.8. The van der Waals surface area contributed by atoms with Gasteiger partial charge < -0.3 is 14.4 Å². The van der Waals surface area contributed by atoms with Crippen molar-refractivity contribution in [2.24, 2.45) is 5.18 Å². The largest absolute Gasteiger partial charge is 0.466 e. The Bertz CT molecular complexity index is 673. The minimum Gasteiger partial charge on any atom is -0.466 e. The number of nitrogens with zero attached hydrogens (tertiary/aromatic N) is 2. The van der Waals surface area contributed by atoms with Gasteiger partial charge in [0.05, 0.1) is 6.61 Å². The summed E-state index contributed by atoms with van der Waals surface area (Å²) in [6.07, 6.45) is 29.7. The summed E-state index contributed by atoms with van der Waals surface area (Å²) in [4.78, 5) is 38.0. The highest BCUT2D eigenvalue weighted by Crippen LogP contribution is 2.18. The quantitative estimate of drug-likeness (QED) is 0.0380. The molecule has 0 aromatic heterocycles. The molecule has 0 aromatic carbocycles. The first kappa shape index (κ1) is 44.5. The molecule has 0 radical (unpaired) electrons. The maximum atomic E-state index is 12.8. The number of hydrogen-bond acceptors (Lipinski definition) is 7. The van der Waals surface area contributed by atoms with Gasteiger partial charge in [-0.15, -0.1) is 0 Å². The Labute approximate surface area is 285 Å². The van der Waals surface area contributed by atoms with Crippen LogP contribution in [0.2, 0.25) is 0 Å². The molecule has 0 bridgehead atoms. The number of carbonyl (C=O) groups is 2. The van der Waals surface area contributed by atoms with Gasteiger partial charge in [0.15, 0.2) is 0 Å². The third kappa shape index (κ3) is 31.1. The van der Waals surface area contributed by atoms with E-state index in [4.69, 9.17) is 9.47 Å². The van der Waals surface area contributed by atoms with Crippen molar-refractivity contribution in [3.63, 3.8) is 0 Å². The lowest BCUT2D eigenvalue weighted by Crippen LogP contribution is -2.32. The van der Waals surface area contributed by atoms with Crippen LogP contribution in [0.1, 0.15) is 201 Å². The van der Waals surface area contributed by atoms with Crippen LogP contribution in [0, 0.1) is 4.91 Å². The van der Waals surface area contributed by atoms with E-state index in [9.17, 15) is 14.5 Å². The zero-order valence-corrected chi connectivity index (χ0v) is 31.0. The molecular weight excluding hydrogens is 576 g/mol. The van der Waals surface area contributed by atoms with Crippen molar-refractivity contribution in [2.45, 2.75) is 213 Å². The number of unbranched alkanes of at least 4 members (excludes halogenated alkanes) is 18. The Morgan fingerprint density at radius 1 is 0.565 bits per heavy atom. The topological polar surface area (TPSA) is 85.3 Å². The molecule has 7 nitrogen and oxygen atoms in total. The lowest BCUT2D eigenvalue weighted by molar-refractivity contribution is -0.150. The molecule has 0 aliphatic rings. The highest BCUT2D eigenvalue weighted by Gasteiger charge is 2.15. The highest BCUT2D eigenvalue weighted by atomic mass is 16.5. The number of carbonyl (C=O) groups excluding carboxylic acids is 2. The van der Waals surface area contributed by atoms with Crippen molar-refractivity contribution in [1.29, 1.82) is 0 Å². The molecule has 0 unspecified atom stereocenters. The van der Waals surface area contributed by atoms with Crippen molar-refractivity contribution < 1.29 is 19.1 Å². The van der Waals surface area contributed by atoms with Crippen LogP contribution in [0.15, 0.2) is 5.18 Å². The molecule has 1 atom stereocenters. The van der Waals surface area contributed by atoms with E-state index >= 15 is 0 Å². The molecule has 0 saturated carbocycles. The molecule has 0 fully saturated rings. The number of ether oxygens (including phenoxy) is 2. The summed E-state index contributed by atoms with van der Waals surface area (Å²) in [7, 11) is 0. The lowest BCUT2D eigenvalue weighted by Gasteiger charge is -2.23. The molecule has 0 spiro atoms. The molecule has 0 rings (SSSR count). The summed E-state index contributed by atoms with van der Waals surface area (Å²) >= 11 is 0. The molecule has 7 heteroatoms. The Morgan fingerprint density at radius 2 is 1.00 bits per heavy atom. The van der Waals surface area contributed by atoms with Gasteiger partial charge in [0.25, 0.3) is 0 Å². The third-order valence-electron chi connectivity index (χ3n) is 8.98. The first-order valence-electron chi connectivity index (χ1n) is 19.9. The molecule has 0 saturated heterocycles. The summed E-state index contributed by atoms with van der Waals surface area (Å²) in [6, 6.07) is -0.226. The molecule has 0 aliphatic carbocycles. The van der Waals surface area contributed by atoms with E-state index in [-0.39, 0.29) is 24.1 Å². The van der Waals surface area contributed by atoms with Crippen LogP contribution in [-0.4, -0.2) is 55.2 Å². The fourth-order valence-electron chi connectivity index (χ4n) is 6.04. The Morgan fingerprint density at radius 3 is 1.57 bits per heavy atom. The molecule has 0 amide bonds. The lowest BCUT2D eigenvalue weighted by atomic mass is 10.0. The average molecular weight is 653 g/mol. The summed E-state index contributed by atoms with van der Waals surface area (Å²) in [5.74, 6) is -0.0970. The molecule has 272 valence electrons. The zero-order valence-electron chi connectivity index (χ0n) is 31.0. The van der Waals surface area contributed by atoms with Gasteiger partial charge in [0.1, 0.15) is 12.1 Å². The molecule has 0 heterocycles. The predicted molar refractivity (Wildman–Crippen MR) is 194 cm³/mol. The number of rotatable bonds is 36. The molecule has 0 aromatic rings. The van der Waals surface area contributed by atoms with E-state index in [1.807, 2.05) is 6.92 Å². The SMILES string of the molecule is CCCCCCCCC(CCCCCCCC)OC(=O)CCCCN(CCCCCCCCC(=O)OCCCCC)C[C@H](C)N=O. The summed E-state index contributed by atoms with van der Waals surface area (Å²) in [5.41, 5.74) is 0. The average Bonchev–Trinajstić information content (AvgIpc) is 3.05. The second-order valence-corrected chi connectivity index (χ2v) is 13.7. The van der Waals surface area contributed by atoms with Gasteiger partial charge in [-0.3, -0.25) is 9.59 Å². The Hall–Kier alpha value is -1.50. The van der Waals surface area contributed by atoms with E-state index in [0.29, 0.717) is 26.0 Å². The molecule has 0 aliphatic heterocycles. The normalized spacial score (nSPS) is 12.1. The van der Waals surface area contributed by atoms with E-state index in [1.165, 1.54) is 64.2 Å².